The van der Waals surface area contributed by atoms with Crippen LogP contribution in [-0.2, 0) is 14.3 Å². The Bertz CT molecular complexity index is 322. The minimum Gasteiger partial charge on any atom is -0.453 e. The van der Waals surface area contributed by atoms with Crippen LogP contribution in [0.15, 0.2) is 0 Å². The Labute approximate surface area is 111 Å². The van der Waals surface area contributed by atoms with Gasteiger partial charge in [0.05, 0.1) is 5.41 Å². The molecule has 19 heavy (non-hydrogen) atoms. The largest absolute Gasteiger partial charge is 0.453 e. The van der Waals surface area contributed by atoms with Crippen LogP contribution in [-0.4, -0.2) is 24.0 Å². The maximum Gasteiger partial charge on any atom is 0.425 e. The topological polar surface area (TPSA) is 43.4 Å². The summed E-state index contributed by atoms with van der Waals surface area (Å²) < 4.78 is 41.3. The number of Topliss-reactive ketones (excluding diaryl/α,β-unsaturated/α-hetero) is 1. The number of carbonyl (C=O) groups excluding carboxylic acids is 2. The number of ether oxygens (including phenoxy) is 1. The molecular formula is C13H21F3O3. The molecule has 0 N–H and O–H groups in total. The summed E-state index contributed by atoms with van der Waals surface area (Å²) in [5, 5.41) is 0. The highest BCUT2D eigenvalue weighted by Gasteiger charge is 2.41. The van der Waals surface area contributed by atoms with Crippen LogP contribution < -0.4 is 0 Å². The molecular weight excluding hydrogens is 261 g/mol. The number of rotatable bonds is 7. The van der Waals surface area contributed by atoms with Gasteiger partial charge in [-0.2, -0.15) is 13.2 Å². The molecule has 0 aliphatic carbocycles. The molecule has 0 aromatic rings. The Morgan fingerprint density at radius 2 is 1.68 bits per heavy atom. The zero-order valence-corrected chi connectivity index (χ0v) is 11.8. The van der Waals surface area contributed by atoms with Crippen molar-refractivity contribution < 1.29 is 27.5 Å². The summed E-state index contributed by atoms with van der Waals surface area (Å²) >= 11 is 0. The van der Waals surface area contributed by atoms with E-state index < -0.39 is 23.7 Å². The predicted octanol–water partition coefficient (Wildman–Crippen LogP) is 3.66. The van der Waals surface area contributed by atoms with E-state index in [1.165, 1.54) is 6.92 Å². The first kappa shape index (κ1) is 17.9. The number of hydrogen-bond acceptors (Lipinski definition) is 3. The smallest absolute Gasteiger partial charge is 0.425 e. The third-order valence-electron chi connectivity index (χ3n) is 2.88. The Morgan fingerprint density at radius 1 is 1.16 bits per heavy atom. The van der Waals surface area contributed by atoms with Gasteiger partial charge in [0, 0.05) is 6.42 Å². The summed E-state index contributed by atoms with van der Waals surface area (Å²) in [5.74, 6) is -0.800. The number of carbonyl (C=O) groups is 2. The molecule has 0 aliphatic rings. The van der Waals surface area contributed by atoms with E-state index in [9.17, 15) is 22.8 Å². The van der Waals surface area contributed by atoms with Gasteiger partial charge in [-0.15, -0.1) is 0 Å². The highest BCUT2D eigenvalue weighted by molar-refractivity contribution is 5.76. The summed E-state index contributed by atoms with van der Waals surface area (Å²) in [6, 6.07) is 0. The second-order valence-electron chi connectivity index (χ2n) is 5.38. The van der Waals surface area contributed by atoms with Gasteiger partial charge in [-0.05, 0) is 40.5 Å². The van der Waals surface area contributed by atoms with Crippen LogP contribution in [0.25, 0.3) is 0 Å². The van der Waals surface area contributed by atoms with Crippen LogP contribution >= 0.6 is 0 Å². The van der Waals surface area contributed by atoms with Crippen molar-refractivity contribution in [1.29, 1.82) is 0 Å². The number of alkyl halides is 3. The van der Waals surface area contributed by atoms with Crippen molar-refractivity contribution in [3.05, 3.63) is 0 Å². The summed E-state index contributed by atoms with van der Waals surface area (Å²) in [5.41, 5.74) is -0.976. The Morgan fingerprint density at radius 3 is 2.11 bits per heavy atom. The minimum atomic E-state index is -4.54. The Kier molecular flexibility index (Phi) is 6.52. The summed E-state index contributed by atoms with van der Waals surface area (Å²) in [6.45, 7) is 5.38. The Balaban J connectivity index is 4.24. The average molecular weight is 282 g/mol. The first-order valence-electron chi connectivity index (χ1n) is 6.24. The second-order valence-corrected chi connectivity index (χ2v) is 5.38. The van der Waals surface area contributed by atoms with Gasteiger partial charge in [0.1, 0.15) is 5.78 Å². The molecule has 112 valence electrons. The molecule has 0 spiro atoms. The second kappa shape index (κ2) is 6.91. The monoisotopic (exact) mass is 282 g/mol. The Hall–Kier alpha value is -1.07. The van der Waals surface area contributed by atoms with Crippen molar-refractivity contribution >= 4 is 11.8 Å². The third-order valence-corrected chi connectivity index (χ3v) is 2.88. The molecule has 0 radical (unpaired) electrons. The molecule has 0 rings (SSSR count). The molecule has 0 fully saturated rings. The average Bonchev–Trinajstić information content (AvgIpc) is 2.22. The lowest BCUT2D eigenvalue weighted by molar-refractivity contribution is -0.221. The third kappa shape index (κ3) is 7.18. The fourth-order valence-corrected chi connectivity index (χ4v) is 1.43. The standard InChI is InChI=1S/C13H21F3O3/c1-9(17)7-5-6-8-12(3,4)11(18)19-10(2)13(14,15)16/h10H,5-8H2,1-4H3. The zero-order valence-electron chi connectivity index (χ0n) is 11.8. The molecule has 6 heteroatoms. The maximum absolute atomic E-state index is 12.3. The number of unbranched alkanes of at least 4 members (excludes halogenated alkanes) is 1. The number of esters is 1. The number of hydrogen-bond donors (Lipinski definition) is 0. The lowest BCUT2D eigenvalue weighted by Gasteiger charge is -2.25. The molecule has 0 bridgehead atoms. The van der Waals surface area contributed by atoms with E-state index >= 15 is 0 Å². The van der Waals surface area contributed by atoms with Crippen LogP contribution in [0.4, 0.5) is 13.2 Å². The first-order chi connectivity index (χ1) is 8.47. The molecule has 3 nitrogen and oxygen atoms in total. The van der Waals surface area contributed by atoms with Gasteiger partial charge in [0.25, 0.3) is 0 Å². The molecule has 1 atom stereocenters. The molecule has 0 aromatic carbocycles. The van der Waals surface area contributed by atoms with Crippen molar-refractivity contribution in [2.24, 2.45) is 5.41 Å². The number of ketones is 1. The van der Waals surface area contributed by atoms with Crippen molar-refractivity contribution in [3.8, 4) is 0 Å². The lowest BCUT2D eigenvalue weighted by atomic mass is 9.87. The lowest BCUT2D eigenvalue weighted by Crippen LogP contribution is -2.36. The van der Waals surface area contributed by atoms with Gasteiger partial charge in [-0.25, -0.2) is 0 Å². The summed E-state index contributed by atoms with van der Waals surface area (Å²) in [6.07, 6.45) is -4.60. The van der Waals surface area contributed by atoms with Crippen LogP contribution in [0, 0.1) is 5.41 Å². The number of halogens is 3. The fraction of sp³-hybridized carbons (Fsp3) is 0.846. The minimum absolute atomic E-state index is 0.0612. The van der Waals surface area contributed by atoms with Gasteiger partial charge < -0.3 is 9.53 Å². The van der Waals surface area contributed by atoms with Crippen molar-refractivity contribution in [2.75, 3.05) is 0 Å². The van der Waals surface area contributed by atoms with Crippen LogP contribution in [0.1, 0.15) is 53.4 Å². The van der Waals surface area contributed by atoms with Crippen molar-refractivity contribution in [3.63, 3.8) is 0 Å². The van der Waals surface area contributed by atoms with Crippen molar-refractivity contribution in [2.45, 2.75) is 65.7 Å². The van der Waals surface area contributed by atoms with E-state index in [0.29, 0.717) is 25.7 Å². The fourth-order valence-electron chi connectivity index (χ4n) is 1.43. The van der Waals surface area contributed by atoms with Gasteiger partial charge >= 0.3 is 12.1 Å². The molecule has 0 aromatic heterocycles. The zero-order chi connectivity index (χ0) is 15.3. The van der Waals surface area contributed by atoms with Gasteiger partial charge in [0.2, 0.25) is 0 Å². The quantitative estimate of drug-likeness (QED) is 0.528. The maximum atomic E-state index is 12.3. The first-order valence-corrected chi connectivity index (χ1v) is 6.24. The normalized spacial score (nSPS) is 14.1. The van der Waals surface area contributed by atoms with Gasteiger partial charge in [-0.3, -0.25) is 4.79 Å². The van der Waals surface area contributed by atoms with E-state index in [0.717, 1.165) is 6.92 Å². The SMILES string of the molecule is CC(=O)CCCCC(C)(C)C(=O)OC(C)C(F)(F)F. The van der Waals surface area contributed by atoms with E-state index in [1.54, 1.807) is 13.8 Å². The van der Waals surface area contributed by atoms with Gasteiger partial charge in [0.15, 0.2) is 6.10 Å². The summed E-state index contributed by atoms with van der Waals surface area (Å²) in [4.78, 5) is 22.4. The molecule has 1 unspecified atom stereocenters. The van der Waals surface area contributed by atoms with E-state index in [-0.39, 0.29) is 5.78 Å². The molecule has 0 saturated heterocycles. The van der Waals surface area contributed by atoms with E-state index in [2.05, 4.69) is 4.74 Å². The van der Waals surface area contributed by atoms with Crippen LogP contribution in [0.5, 0.6) is 0 Å². The molecule has 0 amide bonds. The molecule has 0 heterocycles. The van der Waals surface area contributed by atoms with Crippen LogP contribution in [0.3, 0.4) is 0 Å². The van der Waals surface area contributed by atoms with E-state index in [4.69, 9.17) is 0 Å². The summed E-state index contributed by atoms with van der Waals surface area (Å²) in [7, 11) is 0. The molecule has 0 saturated carbocycles. The molecule has 0 aliphatic heterocycles. The predicted molar refractivity (Wildman–Crippen MR) is 64.5 cm³/mol. The van der Waals surface area contributed by atoms with E-state index in [1.807, 2.05) is 0 Å². The highest BCUT2D eigenvalue weighted by Crippen LogP contribution is 2.29. The van der Waals surface area contributed by atoms with Gasteiger partial charge in [-0.1, -0.05) is 6.42 Å². The highest BCUT2D eigenvalue weighted by atomic mass is 19.4. The van der Waals surface area contributed by atoms with Crippen molar-refractivity contribution in [1.82, 2.24) is 0 Å². The van der Waals surface area contributed by atoms with Crippen LogP contribution in [0.2, 0.25) is 0 Å².